The van der Waals surface area contributed by atoms with E-state index in [0.29, 0.717) is 6.42 Å². The summed E-state index contributed by atoms with van der Waals surface area (Å²) in [7, 11) is -3.56. The highest BCUT2D eigenvalue weighted by molar-refractivity contribution is 7.99. The lowest BCUT2D eigenvalue weighted by Gasteiger charge is -2.06. The molecule has 0 heterocycles. The van der Waals surface area contributed by atoms with E-state index in [-0.39, 0.29) is 10.6 Å². The summed E-state index contributed by atoms with van der Waals surface area (Å²) < 4.78 is 37.1. The van der Waals surface area contributed by atoms with Crippen LogP contribution in [0.3, 0.4) is 0 Å². The van der Waals surface area contributed by atoms with Crippen LogP contribution in [0.5, 0.6) is 0 Å². The van der Waals surface area contributed by atoms with E-state index in [2.05, 4.69) is 0 Å². The highest BCUT2D eigenvalue weighted by Gasteiger charge is 2.18. The Morgan fingerprint density at radius 3 is 2.68 bits per heavy atom. The van der Waals surface area contributed by atoms with Crippen molar-refractivity contribution in [2.45, 2.75) is 18.2 Å². The fraction of sp³-hybridized carbons (Fsp3) is 0.417. The lowest BCUT2D eigenvalue weighted by molar-refractivity contribution is 0.0691. The van der Waals surface area contributed by atoms with Crippen LogP contribution in [-0.4, -0.2) is 36.8 Å². The summed E-state index contributed by atoms with van der Waals surface area (Å²) in [5.41, 5.74) is -0.621. The van der Waals surface area contributed by atoms with Crippen LogP contribution < -0.4 is 0 Å². The van der Waals surface area contributed by atoms with Gasteiger partial charge >= 0.3 is 5.97 Å². The quantitative estimate of drug-likeness (QED) is 0.619. The summed E-state index contributed by atoms with van der Waals surface area (Å²) in [6.07, 6.45) is 0.487. The minimum atomic E-state index is -3.56. The Bertz CT molecular complexity index is 555. The van der Waals surface area contributed by atoms with Crippen LogP contribution in [-0.2, 0) is 9.84 Å². The largest absolute Gasteiger partial charge is 0.478 e. The van der Waals surface area contributed by atoms with Gasteiger partial charge in [0.15, 0.2) is 9.84 Å². The minimum Gasteiger partial charge on any atom is -0.478 e. The summed E-state index contributed by atoms with van der Waals surface area (Å²) in [5, 5.41) is 8.76. The number of sulfone groups is 1. The molecule has 7 heteroatoms. The van der Waals surface area contributed by atoms with Crippen molar-refractivity contribution in [3.63, 3.8) is 0 Å². The number of rotatable bonds is 7. The van der Waals surface area contributed by atoms with E-state index in [4.69, 9.17) is 5.11 Å². The molecule has 1 aromatic rings. The van der Waals surface area contributed by atoms with Crippen molar-refractivity contribution in [3.05, 3.63) is 29.6 Å². The maximum atomic E-state index is 13.2. The molecule has 0 spiro atoms. The van der Waals surface area contributed by atoms with E-state index in [9.17, 15) is 17.6 Å². The molecule has 0 fully saturated rings. The predicted octanol–water partition coefficient (Wildman–Crippen LogP) is 2.44. The number of halogens is 1. The van der Waals surface area contributed by atoms with E-state index in [1.165, 1.54) is 0 Å². The van der Waals surface area contributed by atoms with Crippen LogP contribution >= 0.6 is 11.8 Å². The second kappa shape index (κ2) is 6.91. The molecule has 106 valence electrons. The second-order valence-corrected chi connectivity index (χ2v) is 7.32. The van der Waals surface area contributed by atoms with Crippen molar-refractivity contribution in [1.82, 2.24) is 0 Å². The number of hydrogen-bond acceptors (Lipinski definition) is 4. The van der Waals surface area contributed by atoms with Gasteiger partial charge in [0, 0.05) is 0 Å². The Labute approximate surface area is 115 Å². The van der Waals surface area contributed by atoms with Gasteiger partial charge in [0.1, 0.15) is 5.82 Å². The van der Waals surface area contributed by atoms with Gasteiger partial charge in [-0.25, -0.2) is 17.6 Å². The molecule has 0 aromatic heterocycles. The average Bonchev–Trinajstić information content (AvgIpc) is 2.34. The highest BCUT2D eigenvalue weighted by Crippen LogP contribution is 2.18. The van der Waals surface area contributed by atoms with Gasteiger partial charge in [-0.15, -0.1) is 0 Å². The molecule has 0 unspecified atom stereocenters. The zero-order valence-corrected chi connectivity index (χ0v) is 12.1. The summed E-state index contributed by atoms with van der Waals surface area (Å²) in [6, 6.07) is 2.85. The fourth-order valence-corrected chi connectivity index (χ4v) is 3.63. The van der Waals surface area contributed by atoms with Gasteiger partial charge in [-0.3, -0.25) is 0 Å². The molecule has 0 radical (unpaired) electrons. The van der Waals surface area contributed by atoms with Gasteiger partial charge in [0.2, 0.25) is 0 Å². The Balaban J connectivity index is 2.89. The topological polar surface area (TPSA) is 71.4 Å². The van der Waals surface area contributed by atoms with E-state index in [1.807, 2.05) is 6.92 Å². The molecule has 0 amide bonds. The lowest BCUT2D eigenvalue weighted by Crippen LogP contribution is -2.10. The zero-order chi connectivity index (χ0) is 14.5. The van der Waals surface area contributed by atoms with Crippen LogP contribution in [0.2, 0.25) is 0 Å². The third-order valence-corrected chi connectivity index (χ3v) is 5.22. The van der Waals surface area contributed by atoms with E-state index < -0.39 is 27.2 Å². The van der Waals surface area contributed by atoms with Crippen LogP contribution in [0.15, 0.2) is 23.1 Å². The number of thioether (sulfide) groups is 1. The Morgan fingerprint density at radius 1 is 1.42 bits per heavy atom. The van der Waals surface area contributed by atoms with Crippen molar-refractivity contribution in [3.8, 4) is 0 Å². The Hall–Kier alpha value is -1.08. The van der Waals surface area contributed by atoms with Gasteiger partial charge in [-0.1, -0.05) is 6.92 Å². The fourth-order valence-electron chi connectivity index (χ4n) is 1.47. The average molecular weight is 306 g/mol. The first-order valence-electron chi connectivity index (χ1n) is 5.72. The third-order valence-electron chi connectivity index (χ3n) is 2.43. The van der Waals surface area contributed by atoms with Crippen LogP contribution in [0.4, 0.5) is 4.39 Å². The molecule has 1 N–H and O–H groups in total. The highest BCUT2D eigenvalue weighted by atomic mass is 32.2. The van der Waals surface area contributed by atoms with E-state index in [1.54, 1.807) is 11.8 Å². The first kappa shape index (κ1) is 16.0. The van der Waals surface area contributed by atoms with Crippen molar-refractivity contribution < 1.29 is 22.7 Å². The molecule has 0 bridgehead atoms. The summed E-state index contributed by atoms with van der Waals surface area (Å²) in [5.74, 6) is -0.836. The first-order valence-corrected chi connectivity index (χ1v) is 8.52. The molecule has 0 saturated carbocycles. The summed E-state index contributed by atoms with van der Waals surface area (Å²) in [4.78, 5) is 10.6. The van der Waals surface area contributed by atoms with Crippen LogP contribution in [0.25, 0.3) is 0 Å². The van der Waals surface area contributed by atoms with Crippen molar-refractivity contribution in [2.75, 3.05) is 17.3 Å². The molecule has 1 rings (SSSR count). The molecule has 1 aromatic carbocycles. The van der Waals surface area contributed by atoms with Gasteiger partial charge in [-0.2, -0.15) is 11.8 Å². The predicted molar refractivity (Wildman–Crippen MR) is 73.0 cm³/mol. The van der Waals surface area contributed by atoms with Crippen molar-refractivity contribution >= 4 is 27.6 Å². The smallest absolute Gasteiger partial charge is 0.338 e. The molecule has 19 heavy (non-hydrogen) atoms. The van der Waals surface area contributed by atoms with Crippen molar-refractivity contribution in [2.24, 2.45) is 0 Å². The van der Waals surface area contributed by atoms with Gasteiger partial charge in [0.05, 0.1) is 16.2 Å². The van der Waals surface area contributed by atoms with Crippen molar-refractivity contribution in [1.29, 1.82) is 0 Å². The number of carboxylic acid groups (broad SMARTS) is 1. The second-order valence-electron chi connectivity index (χ2n) is 3.82. The number of carbonyl (C=O) groups is 1. The van der Waals surface area contributed by atoms with Crippen LogP contribution in [0, 0.1) is 5.82 Å². The minimum absolute atomic E-state index is 0.0648. The Kier molecular flexibility index (Phi) is 5.81. The maximum absolute atomic E-state index is 13.2. The monoisotopic (exact) mass is 306 g/mol. The summed E-state index contributed by atoms with van der Waals surface area (Å²) >= 11 is 1.64. The lowest BCUT2D eigenvalue weighted by atomic mass is 10.2. The van der Waals surface area contributed by atoms with E-state index >= 15 is 0 Å². The number of hydrogen-bond donors (Lipinski definition) is 1. The van der Waals surface area contributed by atoms with Gasteiger partial charge in [0.25, 0.3) is 0 Å². The van der Waals surface area contributed by atoms with Gasteiger partial charge < -0.3 is 5.11 Å². The van der Waals surface area contributed by atoms with Crippen LogP contribution in [0.1, 0.15) is 23.7 Å². The number of benzene rings is 1. The standard InChI is InChI=1S/C12H15FO4S2/c1-2-18-6-3-7-19(16,17)9-4-5-11(13)10(8-9)12(14)15/h4-5,8H,2-3,6-7H2,1H3,(H,14,15). The first-order chi connectivity index (χ1) is 8.88. The van der Waals surface area contributed by atoms with E-state index in [0.717, 1.165) is 29.7 Å². The molecule has 0 aliphatic heterocycles. The SMILES string of the molecule is CCSCCCS(=O)(=O)c1ccc(F)c(C(=O)O)c1. The normalized spacial score (nSPS) is 11.5. The molecule has 0 atom stereocenters. The van der Waals surface area contributed by atoms with Gasteiger partial charge in [-0.05, 0) is 36.1 Å². The molecule has 0 aliphatic rings. The third kappa shape index (κ3) is 4.50. The number of aromatic carboxylic acids is 1. The Morgan fingerprint density at radius 2 is 2.11 bits per heavy atom. The summed E-state index contributed by atoms with van der Waals surface area (Å²) in [6.45, 7) is 1.98. The molecule has 0 saturated heterocycles. The zero-order valence-electron chi connectivity index (χ0n) is 10.4. The molecular weight excluding hydrogens is 291 g/mol. The maximum Gasteiger partial charge on any atom is 0.338 e. The molecular formula is C12H15FO4S2. The number of carboxylic acids is 1. The molecule has 4 nitrogen and oxygen atoms in total. The molecule has 0 aliphatic carbocycles.